The molecule has 2 atom stereocenters. The maximum atomic E-state index is 10.1. The molecule has 0 radical (unpaired) electrons. The fraction of sp³-hybridized carbons (Fsp3) is 0.529. The first kappa shape index (κ1) is 15.9. The summed E-state index contributed by atoms with van der Waals surface area (Å²) in [7, 11) is 0. The molecule has 0 bridgehead atoms. The van der Waals surface area contributed by atoms with Crippen molar-refractivity contribution in [2.24, 2.45) is 5.73 Å². The quantitative estimate of drug-likeness (QED) is 0.786. The smallest absolute Gasteiger partial charge is 0.0802 e. The van der Waals surface area contributed by atoms with Gasteiger partial charge in [0.1, 0.15) is 0 Å². The van der Waals surface area contributed by atoms with Gasteiger partial charge in [0.15, 0.2) is 0 Å². The van der Waals surface area contributed by atoms with Crippen LogP contribution in [0.15, 0.2) is 30.3 Å². The Morgan fingerprint density at radius 1 is 1.42 bits per heavy atom. The third-order valence-electron chi connectivity index (χ3n) is 3.47. The number of hydrogen-bond donors (Lipinski definition) is 2. The van der Waals surface area contributed by atoms with E-state index in [0.29, 0.717) is 12.5 Å². The highest BCUT2D eigenvalue weighted by molar-refractivity contribution is 5.51. The molecule has 0 fully saturated rings. The first-order chi connectivity index (χ1) is 8.98. The summed E-state index contributed by atoms with van der Waals surface area (Å²) in [5, 5.41) is 10.1. The maximum Gasteiger partial charge on any atom is 0.0802 e. The second-order valence-electron chi connectivity index (χ2n) is 5.59. The topological polar surface area (TPSA) is 46.2 Å². The van der Waals surface area contributed by atoms with Crippen molar-refractivity contribution in [3.8, 4) is 0 Å². The summed E-state index contributed by atoms with van der Waals surface area (Å²) in [6.45, 7) is 6.85. The van der Waals surface area contributed by atoms with E-state index in [2.05, 4.69) is 38.1 Å². The van der Waals surface area contributed by atoms with Gasteiger partial charge in [-0.15, -0.1) is 0 Å². The van der Waals surface area contributed by atoms with Gasteiger partial charge in [0.25, 0.3) is 0 Å². The first-order valence-electron chi connectivity index (χ1n) is 7.20. The van der Waals surface area contributed by atoms with E-state index in [-0.39, 0.29) is 0 Å². The van der Waals surface area contributed by atoms with Crippen molar-refractivity contribution in [2.75, 3.05) is 6.54 Å². The number of rotatable bonds is 7. The van der Waals surface area contributed by atoms with Crippen LogP contribution in [0.5, 0.6) is 0 Å². The van der Waals surface area contributed by atoms with Crippen LogP contribution in [0.1, 0.15) is 57.1 Å². The molecule has 106 valence electrons. The van der Waals surface area contributed by atoms with E-state index < -0.39 is 5.60 Å². The molecule has 0 saturated carbocycles. The van der Waals surface area contributed by atoms with E-state index >= 15 is 0 Å². The van der Waals surface area contributed by atoms with Crippen LogP contribution in [0, 0.1) is 0 Å². The zero-order valence-electron chi connectivity index (χ0n) is 12.4. The summed E-state index contributed by atoms with van der Waals surface area (Å²) < 4.78 is 0. The van der Waals surface area contributed by atoms with Crippen molar-refractivity contribution in [1.82, 2.24) is 0 Å². The van der Waals surface area contributed by atoms with Gasteiger partial charge in [-0.2, -0.15) is 0 Å². The number of benzene rings is 1. The predicted octanol–water partition coefficient (Wildman–Crippen LogP) is 3.70. The van der Waals surface area contributed by atoms with E-state index in [1.165, 1.54) is 5.56 Å². The molecule has 0 aliphatic heterocycles. The molecule has 0 heterocycles. The van der Waals surface area contributed by atoms with Crippen LogP contribution >= 0.6 is 0 Å². The van der Waals surface area contributed by atoms with Crippen LogP contribution in [0.4, 0.5) is 0 Å². The number of nitrogens with two attached hydrogens (primary N) is 1. The Morgan fingerprint density at radius 3 is 2.79 bits per heavy atom. The molecule has 1 aromatic carbocycles. The fourth-order valence-corrected chi connectivity index (χ4v) is 2.25. The Morgan fingerprint density at radius 2 is 2.16 bits per heavy atom. The van der Waals surface area contributed by atoms with Crippen LogP contribution < -0.4 is 5.73 Å². The molecule has 2 nitrogen and oxygen atoms in total. The zero-order valence-corrected chi connectivity index (χ0v) is 12.4. The molecule has 0 saturated heterocycles. The van der Waals surface area contributed by atoms with E-state index in [0.717, 1.165) is 24.8 Å². The van der Waals surface area contributed by atoms with Crippen LogP contribution in [0.2, 0.25) is 0 Å². The molecule has 0 spiro atoms. The molecular formula is C17H27NO. The Hall–Kier alpha value is -1.12. The maximum absolute atomic E-state index is 10.1. The lowest BCUT2D eigenvalue weighted by Gasteiger charge is -2.17. The first-order valence-corrected chi connectivity index (χ1v) is 7.20. The minimum absolute atomic E-state index is 0.481. The summed E-state index contributed by atoms with van der Waals surface area (Å²) in [6, 6.07) is 8.45. The van der Waals surface area contributed by atoms with Gasteiger partial charge in [0, 0.05) is 0 Å². The molecule has 19 heavy (non-hydrogen) atoms. The summed E-state index contributed by atoms with van der Waals surface area (Å²) in [5.74, 6) is 0.481. The van der Waals surface area contributed by atoms with Crippen molar-refractivity contribution >= 4 is 6.08 Å². The van der Waals surface area contributed by atoms with Crippen molar-refractivity contribution in [2.45, 2.75) is 51.6 Å². The summed E-state index contributed by atoms with van der Waals surface area (Å²) in [6.07, 6.45) is 6.66. The molecule has 3 N–H and O–H groups in total. The van der Waals surface area contributed by atoms with Gasteiger partial charge in [0.2, 0.25) is 0 Å². The van der Waals surface area contributed by atoms with Gasteiger partial charge in [-0.25, -0.2) is 0 Å². The number of aliphatic hydroxyl groups is 1. The monoisotopic (exact) mass is 261 g/mol. The van der Waals surface area contributed by atoms with Gasteiger partial charge in [-0.05, 0) is 43.4 Å². The van der Waals surface area contributed by atoms with E-state index in [9.17, 15) is 5.11 Å². The lowest BCUT2D eigenvalue weighted by Crippen LogP contribution is -2.19. The lowest BCUT2D eigenvalue weighted by molar-refractivity contribution is 0.102. The van der Waals surface area contributed by atoms with Crippen molar-refractivity contribution < 1.29 is 5.11 Å². The normalized spacial score (nSPS) is 16.5. The molecule has 2 unspecified atom stereocenters. The zero-order chi connectivity index (χ0) is 14.3. The third-order valence-corrected chi connectivity index (χ3v) is 3.47. The van der Waals surface area contributed by atoms with E-state index in [4.69, 9.17) is 5.73 Å². The van der Waals surface area contributed by atoms with Crippen LogP contribution in [-0.4, -0.2) is 17.3 Å². The molecule has 0 aliphatic rings. The van der Waals surface area contributed by atoms with Gasteiger partial charge < -0.3 is 10.8 Å². The van der Waals surface area contributed by atoms with Crippen LogP contribution in [0.25, 0.3) is 6.08 Å². The molecule has 1 aromatic rings. The second kappa shape index (κ2) is 7.46. The fourth-order valence-electron chi connectivity index (χ4n) is 2.25. The minimum Gasteiger partial charge on any atom is -0.386 e. The van der Waals surface area contributed by atoms with Crippen molar-refractivity contribution in [3.05, 3.63) is 41.5 Å². The Kier molecular flexibility index (Phi) is 6.26. The highest BCUT2D eigenvalue weighted by Gasteiger charge is 2.14. The van der Waals surface area contributed by atoms with Gasteiger partial charge in [-0.1, -0.05) is 56.7 Å². The average molecular weight is 261 g/mol. The standard InChI is InChI=1S/C17H27NO/c1-4-10-17(3,19)11-8-15-6-5-7-16(13-15)14(2)9-12-18/h5-8,11,13-14,19H,4,9-10,12,18H2,1-3H3/b11-8+. The molecule has 0 amide bonds. The van der Waals surface area contributed by atoms with E-state index in [1.54, 1.807) is 0 Å². The lowest BCUT2D eigenvalue weighted by atomic mass is 9.95. The second-order valence-corrected chi connectivity index (χ2v) is 5.59. The number of hydrogen-bond acceptors (Lipinski definition) is 2. The molecule has 0 aliphatic carbocycles. The summed E-state index contributed by atoms with van der Waals surface area (Å²) in [4.78, 5) is 0. The molecule has 1 rings (SSSR count). The Bertz CT molecular complexity index is 409. The predicted molar refractivity (Wildman–Crippen MR) is 83.1 cm³/mol. The largest absolute Gasteiger partial charge is 0.386 e. The van der Waals surface area contributed by atoms with E-state index in [1.807, 2.05) is 19.1 Å². The minimum atomic E-state index is -0.715. The van der Waals surface area contributed by atoms with Crippen molar-refractivity contribution in [3.63, 3.8) is 0 Å². The Labute approximate surface area is 117 Å². The highest BCUT2D eigenvalue weighted by atomic mass is 16.3. The third kappa shape index (κ3) is 5.58. The molecular weight excluding hydrogens is 234 g/mol. The van der Waals surface area contributed by atoms with Gasteiger partial charge in [-0.3, -0.25) is 0 Å². The van der Waals surface area contributed by atoms with Gasteiger partial charge in [0.05, 0.1) is 5.60 Å². The van der Waals surface area contributed by atoms with Crippen LogP contribution in [-0.2, 0) is 0 Å². The summed E-state index contributed by atoms with van der Waals surface area (Å²) >= 11 is 0. The average Bonchev–Trinajstić information content (AvgIpc) is 2.37. The molecule has 2 heteroatoms. The molecule has 0 aromatic heterocycles. The SMILES string of the molecule is CCCC(C)(O)/C=C/c1cccc(C(C)CCN)c1. The highest BCUT2D eigenvalue weighted by Crippen LogP contribution is 2.21. The van der Waals surface area contributed by atoms with Crippen LogP contribution in [0.3, 0.4) is 0 Å². The van der Waals surface area contributed by atoms with Crippen molar-refractivity contribution in [1.29, 1.82) is 0 Å². The summed E-state index contributed by atoms with van der Waals surface area (Å²) in [5.41, 5.74) is 7.34. The Balaban J connectivity index is 2.79. The van der Waals surface area contributed by atoms with Gasteiger partial charge >= 0.3 is 0 Å².